The molecule has 0 amide bonds. The Morgan fingerprint density at radius 1 is 1.13 bits per heavy atom. The van der Waals surface area contributed by atoms with Gasteiger partial charge in [0.2, 0.25) is 0 Å². The number of rotatable bonds is 10. The van der Waals surface area contributed by atoms with Crippen molar-refractivity contribution in [2.45, 2.75) is 31.1 Å². The molecule has 7 nitrogen and oxygen atoms in total. The summed E-state index contributed by atoms with van der Waals surface area (Å²) in [5, 5.41) is 6.94. The predicted octanol–water partition coefficient (Wildman–Crippen LogP) is 2.97. The zero-order chi connectivity index (χ0) is 21.1. The van der Waals surface area contributed by atoms with Gasteiger partial charge in [0.05, 0.1) is 20.3 Å². The Labute approximate surface area is 203 Å². The summed E-state index contributed by atoms with van der Waals surface area (Å²) in [7, 11) is 3.51. The molecule has 2 saturated heterocycles. The van der Waals surface area contributed by atoms with Crippen LogP contribution in [0.3, 0.4) is 0 Å². The summed E-state index contributed by atoms with van der Waals surface area (Å²) < 4.78 is 22.1. The van der Waals surface area contributed by atoms with E-state index in [4.69, 9.17) is 18.9 Å². The molecule has 1 aromatic rings. The van der Waals surface area contributed by atoms with Crippen molar-refractivity contribution in [2.75, 3.05) is 66.9 Å². The molecule has 1 aromatic carbocycles. The van der Waals surface area contributed by atoms with Gasteiger partial charge in [-0.15, -0.1) is 24.0 Å². The van der Waals surface area contributed by atoms with Gasteiger partial charge >= 0.3 is 0 Å². The highest BCUT2D eigenvalue weighted by molar-refractivity contribution is 14.0. The van der Waals surface area contributed by atoms with Crippen LogP contribution >= 0.6 is 24.0 Å². The van der Waals surface area contributed by atoms with Crippen LogP contribution in [0.2, 0.25) is 0 Å². The van der Waals surface area contributed by atoms with Crippen molar-refractivity contribution in [1.82, 2.24) is 10.6 Å². The van der Waals surface area contributed by atoms with E-state index in [9.17, 15) is 0 Å². The molecule has 0 aromatic heterocycles. The first-order valence-electron chi connectivity index (χ1n) is 11.1. The molecule has 8 heteroatoms. The van der Waals surface area contributed by atoms with E-state index in [2.05, 4.69) is 27.8 Å². The SMILES string of the molecule is CN=C(NCCCOCC1CCOC1)NCC1(c2ccc(OC)cc2)CCOCC1.I. The molecule has 1 atom stereocenters. The smallest absolute Gasteiger partial charge is 0.191 e. The molecular formula is C23H38IN3O4. The lowest BCUT2D eigenvalue weighted by molar-refractivity contribution is 0.0513. The maximum Gasteiger partial charge on any atom is 0.191 e. The molecule has 0 aliphatic carbocycles. The number of hydrogen-bond donors (Lipinski definition) is 2. The molecule has 2 aliphatic heterocycles. The number of methoxy groups -OCH3 is 1. The number of guanidine groups is 1. The van der Waals surface area contributed by atoms with Gasteiger partial charge in [-0.3, -0.25) is 4.99 Å². The Bertz CT molecular complexity index is 645. The molecule has 0 spiro atoms. The number of halogens is 1. The molecule has 0 bridgehead atoms. The van der Waals surface area contributed by atoms with Crippen molar-refractivity contribution in [2.24, 2.45) is 10.9 Å². The highest BCUT2D eigenvalue weighted by atomic mass is 127. The normalized spacial score (nSPS) is 20.7. The van der Waals surface area contributed by atoms with Crippen LogP contribution in [0, 0.1) is 5.92 Å². The molecule has 2 aliphatic rings. The van der Waals surface area contributed by atoms with Crippen molar-refractivity contribution in [3.05, 3.63) is 29.8 Å². The fourth-order valence-electron chi connectivity index (χ4n) is 4.09. The Balaban J connectivity index is 0.00000341. The Morgan fingerprint density at radius 2 is 1.90 bits per heavy atom. The van der Waals surface area contributed by atoms with Crippen LogP contribution in [-0.2, 0) is 19.6 Å². The molecule has 2 N–H and O–H groups in total. The zero-order valence-electron chi connectivity index (χ0n) is 18.9. The van der Waals surface area contributed by atoms with Crippen molar-refractivity contribution < 1.29 is 18.9 Å². The molecule has 31 heavy (non-hydrogen) atoms. The summed E-state index contributed by atoms with van der Waals surface area (Å²) >= 11 is 0. The lowest BCUT2D eigenvalue weighted by Crippen LogP contribution is -2.48. The second-order valence-corrected chi connectivity index (χ2v) is 8.13. The first kappa shape index (κ1) is 26.2. The fourth-order valence-corrected chi connectivity index (χ4v) is 4.09. The number of aliphatic imine (C=N–C) groups is 1. The average Bonchev–Trinajstić information content (AvgIpc) is 3.32. The average molecular weight is 547 g/mol. The van der Waals surface area contributed by atoms with Crippen LogP contribution in [0.4, 0.5) is 0 Å². The van der Waals surface area contributed by atoms with E-state index in [-0.39, 0.29) is 29.4 Å². The number of ether oxygens (including phenoxy) is 4. The lowest BCUT2D eigenvalue weighted by Gasteiger charge is -2.38. The minimum absolute atomic E-state index is 0. The van der Waals surface area contributed by atoms with E-state index in [0.717, 1.165) is 90.1 Å². The summed E-state index contributed by atoms with van der Waals surface area (Å²) in [4.78, 5) is 4.39. The van der Waals surface area contributed by atoms with E-state index in [1.807, 2.05) is 19.2 Å². The molecule has 176 valence electrons. The van der Waals surface area contributed by atoms with Crippen molar-refractivity contribution in [3.63, 3.8) is 0 Å². The van der Waals surface area contributed by atoms with Crippen LogP contribution in [0.25, 0.3) is 0 Å². The largest absolute Gasteiger partial charge is 0.497 e. The van der Waals surface area contributed by atoms with Gasteiger partial charge in [0.1, 0.15) is 5.75 Å². The summed E-state index contributed by atoms with van der Waals surface area (Å²) in [5.41, 5.74) is 1.35. The minimum Gasteiger partial charge on any atom is -0.497 e. The monoisotopic (exact) mass is 547 g/mol. The number of hydrogen-bond acceptors (Lipinski definition) is 5. The molecule has 2 fully saturated rings. The van der Waals surface area contributed by atoms with Gasteiger partial charge < -0.3 is 29.6 Å². The number of nitrogens with zero attached hydrogens (tertiary/aromatic N) is 1. The van der Waals surface area contributed by atoms with Crippen LogP contribution < -0.4 is 15.4 Å². The van der Waals surface area contributed by atoms with E-state index in [1.54, 1.807) is 7.11 Å². The van der Waals surface area contributed by atoms with Crippen LogP contribution in [0.15, 0.2) is 29.3 Å². The third kappa shape index (κ3) is 8.07. The van der Waals surface area contributed by atoms with E-state index >= 15 is 0 Å². The quantitative estimate of drug-likeness (QED) is 0.203. The van der Waals surface area contributed by atoms with Gasteiger partial charge in [-0.2, -0.15) is 0 Å². The van der Waals surface area contributed by atoms with Gasteiger partial charge in [0, 0.05) is 57.9 Å². The first-order valence-corrected chi connectivity index (χ1v) is 11.1. The maximum atomic E-state index is 5.78. The van der Waals surface area contributed by atoms with E-state index < -0.39 is 0 Å². The van der Waals surface area contributed by atoms with E-state index in [0.29, 0.717) is 5.92 Å². The van der Waals surface area contributed by atoms with Crippen molar-refractivity contribution >= 4 is 29.9 Å². The molecular weight excluding hydrogens is 509 g/mol. The van der Waals surface area contributed by atoms with Gasteiger partial charge in [-0.1, -0.05) is 12.1 Å². The highest BCUT2D eigenvalue weighted by Gasteiger charge is 2.34. The van der Waals surface area contributed by atoms with Gasteiger partial charge in [0.15, 0.2) is 5.96 Å². The van der Waals surface area contributed by atoms with Crippen LogP contribution in [0.1, 0.15) is 31.2 Å². The third-order valence-electron chi connectivity index (χ3n) is 6.11. The van der Waals surface area contributed by atoms with Crippen LogP contribution in [0.5, 0.6) is 5.75 Å². The summed E-state index contributed by atoms with van der Waals surface area (Å²) in [6.07, 6.45) is 4.05. The lowest BCUT2D eigenvalue weighted by atomic mass is 9.74. The highest BCUT2D eigenvalue weighted by Crippen LogP contribution is 2.35. The second kappa shape index (κ2) is 14.1. The molecule has 0 radical (unpaired) electrons. The number of nitrogens with one attached hydrogen (secondary N) is 2. The molecule has 2 heterocycles. The molecule has 0 saturated carbocycles. The second-order valence-electron chi connectivity index (χ2n) is 8.13. The van der Waals surface area contributed by atoms with Crippen molar-refractivity contribution in [1.29, 1.82) is 0 Å². The van der Waals surface area contributed by atoms with Gasteiger partial charge in [-0.25, -0.2) is 0 Å². The molecule has 1 unspecified atom stereocenters. The molecule has 3 rings (SSSR count). The Hall–Kier alpha value is -1.10. The Kier molecular flexibility index (Phi) is 11.9. The third-order valence-corrected chi connectivity index (χ3v) is 6.11. The first-order chi connectivity index (χ1) is 14.8. The summed E-state index contributed by atoms with van der Waals surface area (Å²) in [6.45, 7) is 6.50. The Morgan fingerprint density at radius 3 is 2.55 bits per heavy atom. The topological polar surface area (TPSA) is 73.3 Å². The predicted molar refractivity (Wildman–Crippen MR) is 134 cm³/mol. The van der Waals surface area contributed by atoms with Crippen LogP contribution in [-0.4, -0.2) is 72.8 Å². The standard InChI is InChI=1S/C23H37N3O4.HI/c1-24-22(25-11-3-12-29-16-19-8-13-30-17-19)26-18-23(9-14-28-15-10-23)20-4-6-21(27-2)7-5-20;/h4-7,19H,3,8-18H2,1-2H3,(H2,24,25,26);1H. The number of benzene rings is 1. The maximum absolute atomic E-state index is 5.78. The summed E-state index contributed by atoms with van der Waals surface area (Å²) in [6, 6.07) is 8.43. The fraction of sp³-hybridized carbons (Fsp3) is 0.696. The summed E-state index contributed by atoms with van der Waals surface area (Å²) in [5.74, 6) is 2.29. The van der Waals surface area contributed by atoms with Gasteiger partial charge in [0.25, 0.3) is 0 Å². The van der Waals surface area contributed by atoms with Gasteiger partial charge in [-0.05, 0) is 43.4 Å². The van der Waals surface area contributed by atoms with E-state index in [1.165, 1.54) is 5.56 Å². The van der Waals surface area contributed by atoms with Crippen molar-refractivity contribution in [3.8, 4) is 5.75 Å². The zero-order valence-corrected chi connectivity index (χ0v) is 21.2. The minimum atomic E-state index is 0.